The summed E-state index contributed by atoms with van der Waals surface area (Å²) in [6.07, 6.45) is 3.11. The highest BCUT2D eigenvalue weighted by Gasteiger charge is 2.28. The highest BCUT2D eigenvalue weighted by atomic mass is 16.5. The summed E-state index contributed by atoms with van der Waals surface area (Å²) in [6, 6.07) is 13.8. The Kier molecular flexibility index (Phi) is 7.46. The fraction of sp³-hybridized carbons (Fsp3) is 0.500. The molecule has 0 aliphatic carbocycles. The van der Waals surface area contributed by atoms with Crippen molar-refractivity contribution in [3.8, 4) is 0 Å². The second-order valence-corrected chi connectivity index (χ2v) is 10.0. The van der Waals surface area contributed by atoms with E-state index in [2.05, 4.69) is 34.5 Å². The summed E-state index contributed by atoms with van der Waals surface area (Å²) in [5.74, 6) is 0.349. The van der Waals surface area contributed by atoms with Crippen LogP contribution in [0.5, 0.6) is 0 Å². The lowest BCUT2D eigenvalue weighted by Crippen LogP contribution is -2.42. The number of hydrogen-bond donors (Lipinski definition) is 2. The number of hydrogen-bond acceptors (Lipinski definition) is 5. The van der Waals surface area contributed by atoms with Gasteiger partial charge in [-0.05, 0) is 66.5 Å². The van der Waals surface area contributed by atoms with Crippen molar-refractivity contribution in [1.82, 2.24) is 15.1 Å². The van der Waals surface area contributed by atoms with Gasteiger partial charge in [0.15, 0.2) is 0 Å². The maximum Gasteiger partial charge on any atom is 0.254 e. The summed E-state index contributed by atoms with van der Waals surface area (Å²) in [4.78, 5) is 29.9. The van der Waals surface area contributed by atoms with Gasteiger partial charge in [0.1, 0.15) is 0 Å². The van der Waals surface area contributed by atoms with E-state index in [1.54, 1.807) is 12.1 Å². The van der Waals surface area contributed by atoms with E-state index in [9.17, 15) is 14.7 Å². The lowest BCUT2D eigenvalue weighted by atomic mass is 9.94. The third-order valence-corrected chi connectivity index (χ3v) is 7.53. The smallest absolute Gasteiger partial charge is 0.254 e. The van der Waals surface area contributed by atoms with Gasteiger partial charge in [0.2, 0.25) is 0 Å². The standard InChI is InChI=1S/C28H35N3O4/c32-25(19-30-11-7-21-3-1-2-4-24(21)18-30)16-29-27(33)23-5-6-26-22(15-23)8-12-31(28(26)34)17-20-9-13-35-14-10-20/h1-6,15,20,25,32H,7-14,16-19H2,(H,29,33)/t25-/m0/s1. The van der Waals surface area contributed by atoms with Crippen molar-refractivity contribution < 1.29 is 19.4 Å². The molecule has 7 heteroatoms. The quantitative estimate of drug-likeness (QED) is 0.639. The number of fused-ring (bicyclic) bond motifs is 2. The Bertz CT molecular complexity index is 1070. The Morgan fingerprint density at radius 1 is 1.06 bits per heavy atom. The second-order valence-electron chi connectivity index (χ2n) is 10.0. The molecule has 1 atom stereocenters. The summed E-state index contributed by atoms with van der Waals surface area (Å²) in [7, 11) is 0. The third kappa shape index (κ3) is 5.74. The van der Waals surface area contributed by atoms with Crippen LogP contribution < -0.4 is 5.32 Å². The molecule has 2 amide bonds. The molecule has 0 spiro atoms. The number of nitrogens with one attached hydrogen (secondary N) is 1. The Morgan fingerprint density at radius 3 is 2.66 bits per heavy atom. The number of benzene rings is 2. The number of carbonyl (C=O) groups excluding carboxylic acids is 2. The van der Waals surface area contributed by atoms with E-state index in [0.717, 1.165) is 64.1 Å². The van der Waals surface area contributed by atoms with Gasteiger partial charge >= 0.3 is 0 Å². The van der Waals surface area contributed by atoms with Crippen molar-refractivity contribution in [1.29, 1.82) is 0 Å². The van der Waals surface area contributed by atoms with Crippen LogP contribution in [-0.4, -0.2) is 78.8 Å². The van der Waals surface area contributed by atoms with Gasteiger partial charge in [-0.15, -0.1) is 0 Å². The van der Waals surface area contributed by atoms with Gasteiger partial charge in [-0.2, -0.15) is 0 Å². The molecule has 3 aliphatic rings. The highest BCUT2D eigenvalue weighted by Crippen LogP contribution is 2.24. The zero-order valence-electron chi connectivity index (χ0n) is 20.2. The normalized spacial score (nSPS) is 19.7. The van der Waals surface area contributed by atoms with Crippen LogP contribution in [0.25, 0.3) is 0 Å². The van der Waals surface area contributed by atoms with Crippen molar-refractivity contribution in [3.05, 3.63) is 70.3 Å². The van der Waals surface area contributed by atoms with Crippen LogP contribution in [0.1, 0.15) is 50.2 Å². The number of carbonyl (C=O) groups is 2. The van der Waals surface area contributed by atoms with Crippen LogP contribution >= 0.6 is 0 Å². The number of aliphatic hydroxyl groups excluding tert-OH is 1. The predicted molar refractivity (Wildman–Crippen MR) is 133 cm³/mol. The van der Waals surface area contributed by atoms with Crippen LogP contribution in [0.4, 0.5) is 0 Å². The van der Waals surface area contributed by atoms with E-state index in [1.807, 2.05) is 11.0 Å². The molecule has 0 aromatic heterocycles. The monoisotopic (exact) mass is 477 g/mol. The summed E-state index contributed by atoms with van der Waals surface area (Å²) in [5.41, 5.74) is 4.85. The Balaban J connectivity index is 1.12. The number of β-amino-alcohol motifs (C(OH)–C–C–N with tert-alkyl or cyclic N) is 1. The van der Waals surface area contributed by atoms with Gasteiger partial charge in [0.25, 0.3) is 11.8 Å². The lowest BCUT2D eigenvalue weighted by molar-refractivity contribution is 0.0449. The average molecular weight is 478 g/mol. The van der Waals surface area contributed by atoms with Gasteiger partial charge in [0, 0.05) is 63.6 Å². The fourth-order valence-corrected chi connectivity index (χ4v) is 5.48. The van der Waals surface area contributed by atoms with E-state index < -0.39 is 6.10 Å². The number of aliphatic hydroxyl groups is 1. The SMILES string of the molecule is O=C(NC[C@H](O)CN1CCc2ccccc2C1)c1ccc2c(c1)CCN(CC1CCOCC1)C2=O. The molecule has 186 valence electrons. The number of rotatable bonds is 7. The number of amides is 2. The molecule has 2 aromatic rings. The third-order valence-electron chi connectivity index (χ3n) is 7.53. The summed E-state index contributed by atoms with van der Waals surface area (Å²) >= 11 is 0. The van der Waals surface area contributed by atoms with Crippen molar-refractivity contribution in [2.75, 3.05) is 45.9 Å². The van der Waals surface area contributed by atoms with Crippen LogP contribution in [0.2, 0.25) is 0 Å². The maximum absolute atomic E-state index is 13.0. The van der Waals surface area contributed by atoms with Crippen molar-refractivity contribution in [3.63, 3.8) is 0 Å². The molecular formula is C28H35N3O4. The van der Waals surface area contributed by atoms with Crippen LogP contribution in [0, 0.1) is 5.92 Å². The van der Waals surface area contributed by atoms with Crippen LogP contribution in [-0.2, 0) is 24.1 Å². The molecule has 5 rings (SSSR count). The van der Waals surface area contributed by atoms with Crippen molar-refractivity contribution >= 4 is 11.8 Å². The predicted octanol–water partition coefficient (Wildman–Crippen LogP) is 2.26. The zero-order chi connectivity index (χ0) is 24.2. The summed E-state index contributed by atoms with van der Waals surface area (Å²) < 4.78 is 5.43. The maximum atomic E-state index is 13.0. The van der Waals surface area contributed by atoms with Gasteiger partial charge in [-0.1, -0.05) is 24.3 Å². The minimum atomic E-state index is -0.637. The minimum absolute atomic E-state index is 0.0585. The molecule has 0 saturated carbocycles. The summed E-state index contributed by atoms with van der Waals surface area (Å²) in [6.45, 7) is 5.49. The topological polar surface area (TPSA) is 82.1 Å². The molecule has 2 aromatic carbocycles. The highest BCUT2D eigenvalue weighted by molar-refractivity contribution is 5.99. The molecule has 0 radical (unpaired) electrons. The van der Waals surface area contributed by atoms with E-state index >= 15 is 0 Å². The first-order valence-corrected chi connectivity index (χ1v) is 12.8. The van der Waals surface area contributed by atoms with Crippen molar-refractivity contribution in [2.45, 2.75) is 38.3 Å². The van der Waals surface area contributed by atoms with E-state index in [0.29, 0.717) is 30.1 Å². The Hall–Kier alpha value is -2.74. The molecule has 1 saturated heterocycles. The molecule has 3 heterocycles. The first-order valence-electron chi connectivity index (χ1n) is 12.8. The largest absolute Gasteiger partial charge is 0.390 e. The van der Waals surface area contributed by atoms with Gasteiger partial charge in [-0.3, -0.25) is 14.5 Å². The average Bonchev–Trinajstić information content (AvgIpc) is 2.89. The lowest BCUT2D eigenvalue weighted by Gasteiger charge is -2.33. The second kappa shape index (κ2) is 10.9. The van der Waals surface area contributed by atoms with Gasteiger partial charge < -0.3 is 20.1 Å². The first-order chi connectivity index (χ1) is 17.1. The van der Waals surface area contributed by atoms with E-state index in [-0.39, 0.29) is 18.4 Å². The van der Waals surface area contributed by atoms with Gasteiger partial charge in [-0.25, -0.2) is 0 Å². The number of ether oxygens (including phenoxy) is 1. The van der Waals surface area contributed by atoms with Crippen LogP contribution in [0.15, 0.2) is 42.5 Å². The van der Waals surface area contributed by atoms with E-state index in [1.165, 1.54) is 11.1 Å². The zero-order valence-corrected chi connectivity index (χ0v) is 20.2. The minimum Gasteiger partial charge on any atom is -0.390 e. The Morgan fingerprint density at radius 2 is 1.83 bits per heavy atom. The molecule has 1 fully saturated rings. The van der Waals surface area contributed by atoms with Crippen molar-refractivity contribution in [2.24, 2.45) is 5.92 Å². The van der Waals surface area contributed by atoms with E-state index in [4.69, 9.17) is 4.74 Å². The number of nitrogens with zero attached hydrogens (tertiary/aromatic N) is 2. The molecule has 35 heavy (non-hydrogen) atoms. The molecule has 3 aliphatic heterocycles. The molecule has 7 nitrogen and oxygen atoms in total. The molecule has 2 N–H and O–H groups in total. The first kappa shape index (κ1) is 24.0. The summed E-state index contributed by atoms with van der Waals surface area (Å²) in [5, 5.41) is 13.4. The Labute approximate surface area is 207 Å². The van der Waals surface area contributed by atoms with Gasteiger partial charge in [0.05, 0.1) is 6.10 Å². The molecule has 0 unspecified atom stereocenters. The molecule has 0 bridgehead atoms. The fourth-order valence-electron chi connectivity index (χ4n) is 5.48. The molecular weight excluding hydrogens is 442 g/mol. The van der Waals surface area contributed by atoms with Crippen LogP contribution in [0.3, 0.4) is 0 Å².